The van der Waals surface area contributed by atoms with Crippen LogP contribution in [-0.4, -0.2) is 21.2 Å². The van der Waals surface area contributed by atoms with E-state index >= 15 is 0 Å². The molecular weight excluding hydrogens is 338 g/mol. The SMILES string of the molecule is O=C(CCc1nc(-c2cccs2)no1)Nc1cccc(Cl)c1O. The molecule has 3 aromatic rings. The standard InChI is InChI=1S/C15H12ClN3O3S/c16-9-3-1-4-10(14(9)21)17-12(20)6-7-13-18-15(19-22-13)11-5-2-8-23-11/h1-5,8,21H,6-7H2,(H,17,20). The van der Waals surface area contributed by atoms with Crippen molar-refractivity contribution in [2.24, 2.45) is 0 Å². The lowest BCUT2D eigenvalue weighted by atomic mass is 10.2. The van der Waals surface area contributed by atoms with E-state index in [2.05, 4.69) is 15.5 Å². The van der Waals surface area contributed by atoms with Crippen molar-refractivity contribution in [1.82, 2.24) is 10.1 Å². The molecule has 0 radical (unpaired) electrons. The van der Waals surface area contributed by atoms with Gasteiger partial charge in [-0.2, -0.15) is 4.98 Å². The molecule has 6 nitrogen and oxygen atoms in total. The van der Waals surface area contributed by atoms with Gasteiger partial charge in [0.05, 0.1) is 15.6 Å². The van der Waals surface area contributed by atoms with Crippen LogP contribution in [0.3, 0.4) is 0 Å². The van der Waals surface area contributed by atoms with Crippen LogP contribution in [0, 0.1) is 0 Å². The number of benzene rings is 1. The van der Waals surface area contributed by atoms with Crippen LogP contribution in [0.1, 0.15) is 12.3 Å². The summed E-state index contributed by atoms with van der Waals surface area (Å²) in [6.07, 6.45) is 0.462. The van der Waals surface area contributed by atoms with Crippen LogP contribution in [0.4, 0.5) is 5.69 Å². The number of amides is 1. The summed E-state index contributed by atoms with van der Waals surface area (Å²) in [6, 6.07) is 8.55. The van der Waals surface area contributed by atoms with Gasteiger partial charge in [-0.25, -0.2) is 0 Å². The summed E-state index contributed by atoms with van der Waals surface area (Å²) in [4.78, 5) is 17.1. The number of rotatable bonds is 5. The fourth-order valence-corrected chi connectivity index (χ4v) is 2.74. The van der Waals surface area contributed by atoms with Crippen molar-refractivity contribution in [1.29, 1.82) is 0 Å². The second kappa shape index (κ2) is 6.80. The van der Waals surface area contributed by atoms with Crippen molar-refractivity contribution in [2.45, 2.75) is 12.8 Å². The number of nitrogens with one attached hydrogen (secondary N) is 1. The molecule has 0 spiro atoms. The van der Waals surface area contributed by atoms with E-state index in [-0.39, 0.29) is 28.8 Å². The maximum atomic E-state index is 11.9. The van der Waals surface area contributed by atoms with Gasteiger partial charge in [0.15, 0.2) is 5.75 Å². The van der Waals surface area contributed by atoms with Crippen LogP contribution in [0.5, 0.6) is 5.75 Å². The smallest absolute Gasteiger partial charge is 0.227 e. The molecule has 0 fully saturated rings. The first-order valence-corrected chi connectivity index (χ1v) is 8.03. The van der Waals surface area contributed by atoms with Crippen LogP contribution >= 0.6 is 22.9 Å². The number of carbonyl (C=O) groups excluding carboxylic acids is 1. The van der Waals surface area contributed by atoms with E-state index < -0.39 is 0 Å². The highest BCUT2D eigenvalue weighted by Crippen LogP contribution is 2.31. The summed E-state index contributed by atoms with van der Waals surface area (Å²) in [5.41, 5.74) is 0.271. The fraction of sp³-hybridized carbons (Fsp3) is 0.133. The van der Waals surface area contributed by atoms with Crippen LogP contribution in [0.2, 0.25) is 5.02 Å². The van der Waals surface area contributed by atoms with Gasteiger partial charge < -0.3 is 14.9 Å². The molecule has 0 saturated carbocycles. The molecule has 0 saturated heterocycles. The summed E-state index contributed by atoms with van der Waals surface area (Å²) < 4.78 is 5.13. The van der Waals surface area contributed by atoms with Crippen molar-refractivity contribution in [3.05, 3.63) is 46.6 Å². The number of aromatic hydroxyl groups is 1. The maximum absolute atomic E-state index is 11.9. The Kier molecular flexibility index (Phi) is 4.59. The number of aryl methyl sites for hydroxylation is 1. The van der Waals surface area contributed by atoms with E-state index in [1.807, 2.05) is 17.5 Å². The van der Waals surface area contributed by atoms with Gasteiger partial charge in [-0.05, 0) is 23.6 Å². The van der Waals surface area contributed by atoms with Gasteiger partial charge >= 0.3 is 0 Å². The van der Waals surface area contributed by atoms with E-state index in [4.69, 9.17) is 16.1 Å². The summed E-state index contributed by atoms with van der Waals surface area (Å²) in [7, 11) is 0. The van der Waals surface area contributed by atoms with Gasteiger partial charge in [0.25, 0.3) is 0 Å². The number of carbonyl (C=O) groups is 1. The quantitative estimate of drug-likeness (QED) is 0.685. The zero-order chi connectivity index (χ0) is 16.2. The first kappa shape index (κ1) is 15.5. The van der Waals surface area contributed by atoms with Crippen LogP contribution < -0.4 is 5.32 Å². The molecule has 2 N–H and O–H groups in total. The second-order valence-corrected chi connectivity index (χ2v) is 6.03. The number of nitrogens with zero attached hydrogens (tertiary/aromatic N) is 2. The average Bonchev–Trinajstić information content (AvgIpc) is 3.20. The lowest BCUT2D eigenvalue weighted by molar-refractivity contribution is -0.116. The second-order valence-electron chi connectivity index (χ2n) is 4.67. The van der Waals surface area contributed by atoms with Gasteiger partial charge in [0.1, 0.15) is 0 Å². The monoisotopic (exact) mass is 349 g/mol. The molecule has 0 aliphatic heterocycles. The molecule has 8 heteroatoms. The third kappa shape index (κ3) is 3.69. The summed E-state index contributed by atoms with van der Waals surface area (Å²) in [5, 5.41) is 18.3. The summed E-state index contributed by atoms with van der Waals surface area (Å²) in [5.74, 6) is 0.473. The summed E-state index contributed by atoms with van der Waals surface area (Å²) >= 11 is 7.30. The van der Waals surface area contributed by atoms with E-state index in [9.17, 15) is 9.90 Å². The van der Waals surface area contributed by atoms with Crippen molar-refractivity contribution in [2.75, 3.05) is 5.32 Å². The Bertz CT molecular complexity index is 817. The van der Waals surface area contributed by atoms with Crippen LogP contribution in [0.15, 0.2) is 40.2 Å². The predicted molar refractivity (Wildman–Crippen MR) is 87.7 cm³/mol. The number of hydrogen-bond donors (Lipinski definition) is 2. The predicted octanol–water partition coefficient (Wildman–Crippen LogP) is 3.73. The minimum Gasteiger partial charge on any atom is -0.504 e. The van der Waals surface area contributed by atoms with Gasteiger partial charge in [0.2, 0.25) is 17.6 Å². The molecular formula is C15H12ClN3O3S. The molecule has 3 rings (SSSR count). The molecule has 0 bridgehead atoms. The Hall–Kier alpha value is -2.38. The Morgan fingerprint density at radius 1 is 1.35 bits per heavy atom. The minimum atomic E-state index is -0.279. The minimum absolute atomic E-state index is 0.151. The number of halogens is 1. The third-order valence-electron chi connectivity index (χ3n) is 3.04. The van der Waals surface area contributed by atoms with Gasteiger partial charge in [-0.15, -0.1) is 11.3 Å². The van der Waals surface area contributed by atoms with E-state index in [0.717, 1.165) is 4.88 Å². The largest absolute Gasteiger partial charge is 0.504 e. The van der Waals surface area contributed by atoms with Gasteiger partial charge in [0, 0.05) is 12.8 Å². The normalized spacial score (nSPS) is 10.7. The molecule has 1 amide bonds. The number of para-hydroxylation sites is 1. The number of phenolic OH excluding ortho intramolecular Hbond substituents is 1. The molecule has 23 heavy (non-hydrogen) atoms. The number of phenols is 1. The molecule has 2 heterocycles. The van der Waals surface area contributed by atoms with Crippen molar-refractivity contribution < 1.29 is 14.4 Å². The number of thiophene rings is 1. The molecule has 2 aromatic heterocycles. The van der Waals surface area contributed by atoms with Crippen molar-refractivity contribution in [3.63, 3.8) is 0 Å². The Morgan fingerprint density at radius 2 is 2.22 bits per heavy atom. The fourth-order valence-electron chi connectivity index (χ4n) is 1.91. The van der Waals surface area contributed by atoms with E-state index in [1.54, 1.807) is 12.1 Å². The lowest BCUT2D eigenvalue weighted by Crippen LogP contribution is -2.12. The first-order chi connectivity index (χ1) is 11.1. The van der Waals surface area contributed by atoms with Gasteiger partial charge in [-0.1, -0.05) is 28.9 Å². The first-order valence-electron chi connectivity index (χ1n) is 6.77. The highest BCUT2D eigenvalue weighted by Gasteiger charge is 2.13. The number of anilines is 1. The average molecular weight is 350 g/mol. The van der Waals surface area contributed by atoms with E-state index in [1.165, 1.54) is 17.4 Å². The molecule has 0 unspecified atom stereocenters. The zero-order valence-corrected chi connectivity index (χ0v) is 13.4. The molecule has 0 atom stereocenters. The highest BCUT2D eigenvalue weighted by molar-refractivity contribution is 7.13. The molecule has 0 aliphatic rings. The van der Waals surface area contributed by atoms with Crippen molar-refractivity contribution >= 4 is 34.5 Å². The third-order valence-corrected chi connectivity index (χ3v) is 4.21. The summed E-state index contributed by atoms with van der Waals surface area (Å²) in [6.45, 7) is 0. The Balaban J connectivity index is 1.58. The molecule has 0 aliphatic carbocycles. The topological polar surface area (TPSA) is 88.2 Å². The zero-order valence-electron chi connectivity index (χ0n) is 11.8. The molecule has 118 valence electrons. The highest BCUT2D eigenvalue weighted by atomic mass is 35.5. The van der Waals surface area contributed by atoms with Gasteiger partial charge in [-0.3, -0.25) is 4.79 Å². The van der Waals surface area contributed by atoms with E-state index in [0.29, 0.717) is 18.1 Å². The maximum Gasteiger partial charge on any atom is 0.227 e. The van der Waals surface area contributed by atoms with Crippen molar-refractivity contribution in [3.8, 4) is 16.5 Å². The number of aromatic nitrogens is 2. The Labute approximate surface area is 140 Å². The van der Waals surface area contributed by atoms with Crippen LogP contribution in [0.25, 0.3) is 10.7 Å². The molecule has 1 aromatic carbocycles. The Morgan fingerprint density at radius 3 is 3.00 bits per heavy atom. The van der Waals surface area contributed by atoms with Crippen LogP contribution in [-0.2, 0) is 11.2 Å². The number of hydrogen-bond acceptors (Lipinski definition) is 6. The lowest BCUT2D eigenvalue weighted by Gasteiger charge is -2.07.